The summed E-state index contributed by atoms with van der Waals surface area (Å²) in [4.78, 5) is 4.17. The molecule has 0 unspecified atom stereocenters. The van der Waals surface area contributed by atoms with Crippen LogP contribution >= 0.6 is 0 Å². The summed E-state index contributed by atoms with van der Waals surface area (Å²) >= 11 is 0. The van der Waals surface area contributed by atoms with Crippen molar-refractivity contribution in [3.63, 3.8) is 0 Å². The van der Waals surface area contributed by atoms with Gasteiger partial charge >= 0.3 is 6.18 Å². The van der Waals surface area contributed by atoms with Crippen LogP contribution in [0.2, 0.25) is 0 Å². The van der Waals surface area contributed by atoms with Crippen molar-refractivity contribution in [1.29, 1.82) is 0 Å². The lowest BCUT2D eigenvalue weighted by Crippen LogP contribution is -2.29. The number of para-hydroxylation sites is 2. The fourth-order valence-electron chi connectivity index (χ4n) is 3.75. The van der Waals surface area contributed by atoms with Crippen LogP contribution in [0.25, 0.3) is 11.0 Å². The number of benzene rings is 2. The van der Waals surface area contributed by atoms with Gasteiger partial charge in [-0.3, -0.25) is 0 Å². The van der Waals surface area contributed by atoms with Crippen LogP contribution < -0.4 is 0 Å². The normalized spacial score (nSPS) is 18.8. The fraction of sp³-hybridized carbons (Fsp3) is 0.316. The molecule has 1 fully saturated rings. The van der Waals surface area contributed by atoms with Crippen molar-refractivity contribution >= 4 is 21.1 Å². The third kappa shape index (κ3) is 3.18. The van der Waals surface area contributed by atoms with Gasteiger partial charge in [-0.1, -0.05) is 18.2 Å². The Bertz CT molecular complexity index is 1140. The summed E-state index contributed by atoms with van der Waals surface area (Å²) in [5.41, 5.74) is 0.781. The molecule has 0 saturated carbocycles. The van der Waals surface area contributed by atoms with E-state index in [1.807, 2.05) is 35.8 Å². The van der Waals surface area contributed by atoms with Crippen LogP contribution in [0, 0.1) is 6.92 Å². The number of hydrogen-bond donors (Lipinski definition) is 0. The Hall–Kier alpha value is -2.39. The molecule has 9 heteroatoms. The summed E-state index contributed by atoms with van der Waals surface area (Å²) in [6.45, 7) is 2.30. The lowest BCUT2D eigenvalue weighted by molar-refractivity contribution is -0.137. The van der Waals surface area contributed by atoms with Crippen LogP contribution in [0.15, 0.2) is 53.4 Å². The van der Waals surface area contributed by atoms with Gasteiger partial charge in [0.1, 0.15) is 5.82 Å². The van der Waals surface area contributed by atoms with Crippen LogP contribution in [0.4, 0.5) is 13.2 Å². The maximum atomic E-state index is 13.0. The predicted octanol–water partition coefficient (Wildman–Crippen LogP) is 4.00. The molecule has 1 aliphatic rings. The van der Waals surface area contributed by atoms with Crippen LogP contribution in [0.1, 0.15) is 23.9 Å². The van der Waals surface area contributed by atoms with E-state index >= 15 is 0 Å². The van der Waals surface area contributed by atoms with Crippen LogP contribution in [-0.4, -0.2) is 35.4 Å². The number of nitrogens with zero attached hydrogens (tertiary/aromatic N) is 3. The van der Waals surface area contributed by atoms with Crippen LogP contribution in [-0.2, 0) is 16.2 Å². The minimum absolute atomic E-state index is 0.118. The molecule has 1 atom stereocenters. The third-order valence-electron chi connectivity index (χ3n) is 5.06. The van der Waals surface area contributed by atoms with E-state index in [2.05, 4.69) is 4.98 Å². The van der Waals surface area contributed by atoms with Gasteiger partial charge in [-0.2, -0.15) is 17.5 Å². The molecule has 1 aliphatic heterocycles. The topological polar surface area (TPSA) is 55.2 Å². The highest BCUT2D eigenvalue weighted by Crippen LogP contribution is 2.34. The first-order valence-corrected chi connectivity index (χ1v) is 10.2. The molecule has 148 valence electrons. The van der Waals surface area contributed by atoms with Crippen molar-refractivity contribution in [3.05, 3.63) is 59.9 Å². The zero-order valence-electron chi connectivity index (χ0n) is 15.0. The van der Waals surface area contributed by atoms with Crippen molar-refractivity contribution < 1.29 is 21.6 Å². The summed E-state index contributed by atoms with van der Waals surface area (Å²) in [5, 5.41) is 0. The first-order chi connectivity index (χ1) is 13.2. The zero-order valence-corrected chi connectivity index (χ0v) is 15.8. The van der Waals surface area contributed by atoms with Gasteiger partial charge in [0.2, 0.25) is 10.0 Å². The van der Waals surface area contributed by atoms with E-state index in [1.165, 1.54) is 10.4 Å². The van der Waals surface area contributed by atoms with Gasteiger partial charge in [0, 0.05) is 13.1 Å². The fourth-order valence-corrected chi connectivity index (χ4v) is 5.29. The molecule has 2 aromatic carbocycles. The standard InChI is InChI=1S/C19H18F3N3O2S/c1-13-23-17-7-2-3-8-18(17)25(13)15-9-10-24(12-15)28(26,27)16-6-4-5-14(11-16)19(20,21)22/h2-8,11,15H,9-10,12H2,1H3/t15-/m0/s1. The number of rotatable bonds is 3. The maximum absolute atomic E-state index is 13.0. The summed E-state index contributed by atoms with van der Waals surface area (Å²) in [6, 6.07) is 11.4. The molecule has 1 aromatic heterocycles. The molecule has 0 radical (unpaired) electrons. The van der Waals surface area contributed by atoms with Crippen molar-refractivity contribution in [2.75, 3.05) is 13.1 Å². The first-order valence-electron chi connectivity index (χ1n) is 8.79. The number of fused-ring (bicyclic) bond motifs is 1. The molecule has 4 rings (SSSR count). The molecule has 5 nitrogen and oxygen atoms in total. The quantitative estimate of drug-likeness (QED) is 0.657. The van der Waals surface area contributed by atoms with Gasteiger partial charge in [0.05, 0.1) is 27.5 Å². The van der Waals surface area contributed by atoms with E-state index in [0.717, 1.165) is 29.0 Å². The lowest BCUT2D eigenvalue weighted by atomic mass is 10.2. The summed E-state index contributed by atoms with van der Waals surface area (Å²) in [5.74, 6) is 0.782. The zero-order chi connectivity index (χ0) is 20.1. The second-order valence-electron chi connectivity index (χ2n) is 6.85. The Morgan fingerprint density at radius 3 is 2.61 bits per heavy atom. The number of aromatic nitrogens is 2. The molecule has 2 heterocycles. The van der Waals surface area contributed by atoms with E-state index in [1.54, 1.807) is 0 Å². The molecular formula is C19H18F3N3O2S. The third-order valence-corrected chi connectivity index (χ3v) is 6.92. The van der Waals surface area contributed by atoms with E-state index in [0.29, 0.717) is 12.5 Å². The van der Waals surface area contributed by atoms with Gasteiger partial charge in [-0.15, -0.1) is 0 Å². The Kier molecular flexibility index (Phi) is 4.46. The monoisotopic (exact) mass is 409 g/mol. The second kappa shape index (κ2) is 6.59. The van der Waals surface area contributed by atoms with Gasteiger partial charge in [0.25, 0.3) is 0 Å². The second-order valence-corrected chi connectivity index (χ2v) is 8.79. The molecule has 0 spiro atoms. The molecule has 1 saturated heterocycles. The molecule has 0 aliphatic carbocycles. The Morgan fingerprint density at radius 2 is 1.86 bits per heavy atom. The van der Waals surface area contributed by atoms with Gasteiger partial charge in [-0.25, -0.2) is 13.4 Å². The van der Waals surface area contributed by atoms with Gasteiger partial charge in [0.15, 0.2) is 0 Å². The average Bonchev–Trinajstić information content (AvgIpc) is 3.25. The Morgan fingerprint density at radius 1 is 1.11 bits per heavy atom. The van der Waals surface area contributed by atoms with Crippen molar-refractivity contribution in [2.45, 2.75) is 30.5 Å². The highest BCUT2D eigenvalue weighted by Gasteiger charge is 2.36. The highest BCUT2D eigenvalue weighted by molar-refractivity contribution is 7.89. The Labute approximate surface area is 160 Å². The minimum Gasteiger partial charge on any atom is -0.324 e. The molecule has 3 aromatic rings. The van der Waals surface area contributed by atoms with E-state index in [9.17, 15) is 21.6 Å². The number of aryl methyl sites for hydroxylation is 1. The molecule has 28 heavy (non-hydrogen) atoms. The Balaban J connectivity index is 1.64. The summed E-state index contributed by atoms with van der Waals surface area (Å²) in [6.07, 6.45) is -4.02. The molecular weight excluding hydrogens is 391 g/mol. The average molecular weight is 409 g/mol. The number of hydrogen-bond acceptors (Lipinski definition) is 3. The molecule has 0 bridgehead atoms. The largest absolute Gasteiger partial charge is 0.416 e. The SMILES string of the molecule is Cc1nc2ccccc2n1[C@H]1CCN(S(=O)(=O)c2cccc(C(F)(F)F)c2)C1. The van der Waals surface area contributed by atoms with E-state index < -0.39 is 21.8 Å². The van der Waals surface area contributed by atoms with Gasteiger partial charge < -0.3 is 4.57 Å². The summed E-state index contributed by atoms with van der Waals surface area (Å²) < 4.78 is 67.9. The predicted molar refractivity (Wildman–Crippen MR) is 98.3 cm³/mol. The van der Waals surface area contributed by atoms with Crippen molar-refractivity contribution in [1.82, 2.24) is 13.9 Å². The first kappa shape index (κ1) is 18.9. The van der Waals surface area contributed by atoms with Crippen molar-refractivity contribution in [2.24, 2.45) is 0 Å². The van der Waals surface area contributed by atoms with Crippen molar-refractivity contribution in [3.8, 4) is 0 Å². The molecule has 0 N–H and O–H groups in total. The summed E-state index contributed by atoms with van der Waals surface area (Å²) in [7, 11) is -4.01. The highest BCUT2D eigenvalue weighted by atomic mass is 32.2. The smallest absolute Gasteiger partial charge is 0.324 e. The van der Waals surface area contributed by atoms with E-state index in [-0.39, 0.29) is 24.0 Å². The van der Waals surface area contributed by atoms with Crippen LogP contribution in [0.3, 0.4) is 0 Å². The maximum Gasteiger partial charge on any atom is 0.416 e. The number of sulfonamides is 1. The van der Waals surface area contributed by atoms with E-state index in [4.69, 9.17) is 0 Å². The molecule has 0 amide bonds. The van der Waals surface area contributed by atoms with Crippen LogP contribution in [0.5, 0.6) is 0 Å². The number of halogens is 3. The number of imidazole rings is 1. The lowest BCUT2D eigenvalue weighted by Gasteiger charge is -2.19. The van der Waals surface area contributed by atoms with Gasteiger partial charge in [-0.05, 0) is 43.7 Å². The minimum atomic E-state index is -4.59. The number of alkyl halides is 3.